The highest BCUT2D eigenvalue weighted by Gasteiger charge is 1.99. The highest BCUT2D eigenvalue weighted by molar-refractivity contribution is 5.85. The average Bonchev–Trinajstić information content (AvgIpc) is 1.88. The minimum atomic E-state index is -0.477. The lowest BCUT2D eigenvalue weighted by Crippen LogP contribution is -2.07. The summed E-state index contributed by atoms with van der Waals surface area (Å²) in [6.07, 6.45) is 0. The van der Waals surface area contributed by atoms with Crippen molar-refractivity contribution in [1.29, 1.82) is 0 Å². The van der Waals surface area contributed by atoms with E-state index in [2.05, 4.69) is 4.98 Å². The third-order valence-corrected chi connectivity index (χ3v) is 1.20. The molecule has 0 aliphatic carbocycles. The Balaban J connectivity index is 0.000001000. The number of nitrogens with two attached hydrogens (primary N) is 1. The highest BCUT2D eigenvalue weighted by atomic mass is 35.5. The maximum absolute atomic E-state index is 12.4. The monoisotopic (exact) mass is 176 g/mol. The molecule has 0 bridgehead atoms. The predicted molar refractivity (Wildman–Crippen MR) is 44.0 cm³/mol. The van der Waals surface area contributed by atoms with Crippen LogP contribution in [0.3, 0.4) is 0 Å². The van der Waals surface area contributed by atoms with Gasteiger partial charge in [0.1, 0.15) is 0 Å². The molecule has 2 nitrogen and oxygen atoms in total. The Hall–Kier alpha value is -0.670. The van der Waals surface area contributed by atoms with Crippen LogP contribution in [0.1, 0.15) is 18.7 Å². The Morgan fingerprint density at radius 1 is 1.55 bits per heavy atom. The first-order valence-electron chi connectivity index (χ1n) is 3.08. The van der Waals surface area contributed by atoms with Crippen LogP contribution in [0.5, 0.6) is 0 Å². The summed E-state index contributed by atoms with van der Waals surface area (Å²) in [6.45, 7) is 1.77. The van der Waals surface area contributed by atoms with E-state index in [1.54, 1.807) is 19.1 Å². The third-order valence-electron chi connectivity index (χ3n) is 1.20. The number of halogens is 2. The average molecular weight is 177 g/mol. The summed E-state index contributed by atoms with van der Waals surface area (Å²) in [4.78, 5) is 3.58. The van der Waals surface area contributed by atoms with E-state index in [1.807, 2.05) is 0 Å². The van der Waals surface area contributed by atoms with Gasteiger partial charge in [-0.1, -0.05) is 6.07 Å². The summed E-state index contributed by atoms with van der Waals surface area (Å²) >= 11 is 0. The molecule has 0 aliphatic rings. The molecular weight excluding hydrogens is 167 g/mol. The fourth-order valence-electron chi connectivity index (χ4n) is 0.678. The van der Waals surface area contributed by atoms with Gasteiger partial charge >= 0.3 is 0 Å². The summed E-state index contributed by atoms with van der Waals surface area (Å²) in [6, 6.07) is 4.40. The van der Waals surface area contributed by atoms with E-state index in [4.69, 9.17) is 5.73 Å². The number of aromatic nitrogens is 1. The van der Waals surface area contributed by atoms with Gasteiger partial charge in [0.2, 0.25) is 5.95 Å². The smallest absolute Gasteiger partial charge is 0.213 e. The molecule has 0 amide bonds. The number of nitrogens with zero attached hydrogens (tertiary/aromatic N) is 1. The molecule has 0 saturated carbocycles. The van der Waals surface area contributed by atoms with Crippen molar-refractivity contribution < 1.29 is 4.39 Å². The lowest BCUT2D eigenvalue weighted by Gasteiger charge is -2.01. The fraction of sp³-hybridized carbons (Fsp3) is 0.286. The molecule has 0 unspecified atom stereocenters. The SMILES string of the molecule is C[C@H](N)c1cccc(F)n1.Cl. The summed E-state index contributed by atoms with van der Waals surface area (Å²) in [7, 11) is 0. The molecule has 0 fully saturated rings. The van der Waals surface area contributed by atoms with E-state index in [0.29, 0.717) is 5.69 Å². The van der Waals surface area contributed by atoms with Crippen LogP contribution in [-0.4, -0.2) is 4.98 Å². The van der Waals surface area contributed by atoms with Crippen LogP contribution in [0.25, 0.3) is 0 Å². The van der Waals surface area contributed by atoms with Crippen molar-refractivity contribution in [3.8, 4) is 0 Å². The maximum Gasteiger partial charge on any atom is 0.213 e. The largest absolute Gasteiger partial charge is 0.323 e. The molecule has 0 aliphatic heterocycles. The van der Waals surface area contributed by atoms with Gasteiger partial charge in [0, 0.05) is 6.04 Å². The second-order valence-electron chi connectivity index (χ2n) is 2.17. The number of hydrogen-bond donors (Lipinski definition) is 1. The molecule has 1 aromatic heterocycles. The van der Waals surface area contributed by atoms with Gasteiger partial charge in [-0.15, -0.1) is 12.4 Å². The van der Waals surface area contributed by atoms with Crippen molar-refractivity contribution >= 4 is 12.4 Å². The van der Waals surface area contributed by atoms with Crippen molar-refractivity contribution in [2.75, 3.05) is 0 Å². The molecule has 11 heavy (non-hydrogen) atoms. The summed E-state index contributed by atoms with van der Waals surface area (Å²) in [5.41, 5.74) is 6.04. The van der Waals surface area contributed by atoms with E-state index in [1.165, 1.54) is 6.07 Å². The van der Waals surface area contributed by atoms with E-state index in [9.17, 15) is 4.39 Å². The van der Waals surface area contributed by atoms with Crippen molar-refractivity contribution in [3.63, 3.8) is 0 Å². The minimum Gasteiger partial charge on any atom is -0.323 e. The molecule has 0 saturated heterocycles. The van der Waals surface area contributed by atoms with Gasteiger partial charge in [-0.05, 0) is 19.1 Å². The fourth-order valence-corrected chi connectivity index (χ4v) is 0.678. The second-order valence-corrected chi connectivity index (χ2v) is 2.17. The molecule has 1 rings (SSSR count). The van der Waals surface area contributed by atoms with Crippen LogP contribution in [0, 0.1) is 5.95 Å². The van der Waals surface area contributed by atoms with Gasteiger partial charge in [-0.2, -0.15) is 4.39 Å². The molecule has 2 N–H and O–H groups in total. The molecule has 1 atom stereocenters. The highest BCUT2D eigenvalue weighted by Crippen LogP contribution is 2.05. The quantitative estimate of drug-likeness (QED) is 0.661. The Kier molecular flexibility index (Phi) is 4.00. The standard InChI is InChI=1S/C7H9FN2.ClH/c1-5(9)6-3-2-4-7(8)10-6;/h2-5H,9H2,1H3;1H/t5-;/m0./s1. The van der Waals surface area contributed by atoms with Gasteiger partial charge in [0.05, 0.1) is 5.69 Å². The molecule has 4 heteroatoms. The van der Waals surface area contributed by atoms with Gasteiger partial charge < -0.3 is 5.73 Å². The van der Waals surface area contributed by atoms with Crippen molar-refractivity contribution in [2.45, 2.75) is 13.0 Å². The number of rotatable bonds is 1. The Morgan fingerprint density at radius 2 is 2.18 bits per heavy atom. The molecular formula is C7H10ClFN2. The van der Waals surface area contributed by atoms with Crippen molar-refractivity contribution in [3.05, 3.63) is 29.8 Å². The molecule has 0 spiro atoms. The van der Waals surface area contributed by atoms with Gasteiger partial charge in [-0.3, -0.25) is 0 Å². The van der Waals surface area contributed by atoms with E-state index < -0.39 is 5.95 Å². The Morgan fingerprint density at radius 3 is 2.55 bits per heavy atom. The van der Waals surface area contributed by atoms with Gasteiger partial charge in [0.15, 0.2) is 0 Å². The van der Waals surface area contributed by atoms with Crippen LogP contribution >= 0.6 is 12.4 Å². The second kappa shape index (κ2) is 4.26. The van der Waals surface area contributed by atoms with E-state index >= 15 is 0 Å². The first-order chi connectivity index (χ1) is 4.70. The zero-order chi connectivity index (χ0) is 7.56. The van der Waals surface area contributed by atoms with Crippen molar-refractivity contribution in [2.24, 2.45) is 5.73 Å². The Bertz CT molecular complexity index is 227. The van der Waals surface area contributed by atoms with Crippen LogP contribution in [0.4, 0.5) is 4.39 Å². The van der Waals surface area contributed by atoms with Crippen LogP contribution < -0.4 is 5.73 Å². The summed E-state index contributed by atoms with van der Waals surface area (Å²) in [5, 5.41) is 0. The van der Waals surface area contributed by atoms with Gasteiger partial charge in [0.25, 0.3) is 0 Å². The van der Waals surface area contributed by atoms with Crippen LogP contribution in [0.2, 0.25) is 0 Å². The molecule has 0 radical (unpaired) electrons. The number of hydrogen-bond acceptors (Lipinski definition) is 2. The third kappa shape index (κ3) is 2.82. The maximum atomic E-state index is 12.4. The van der Waals surface area contributed by atoms with Gasteiger partial charge in [-0.25, -0.2) is 4.98 Å². The van der Waals surface area contributed by atoms with Crippen LogP contribution in [-0.2, 0) is 0 Å². The van der Waals surface area contributed by atoms with E-state index in [-0.39, 0.29) is 18.4 Å². The predicted octanol–water partition coefficient (Wildman–Crippen LogP) is 1.66. The lowest BCUT2D eigenvalue weighted by molar-refractivity contribution is 0.569. The zero-order valence-electron chi connectivity index (χ0n) is 6.12. The summed E-state index contributed by atoms with van der Waals surface area (Å²) in [5.74, 6) is -0.477. The first kappa shape index (κ1) is 10.3. The molecule has 62 valence electrons. The molecule has 1 aromatic rings. The normalized spacial score (nSPS) is 11.9. The molecule has 0 aromatic carbocycles. The van der Waals surface area contributed by atoms with Crippen LogP contribution in [0.15, 0.2) is 18.2 Å². The lowest BCUT2D eigenvalue weighted by atomic mass is 10.2. The molecule has 1 heterocycles. The number of pyridine rings is 1. The van der Waals surface area contributed by atoms with E-state index in [0.717, 1.165) is 0 Å². The first-order valence-corrected chi connectivity index (χ1v) is 3.08. The minimum absolute atomic E-state index is 0. The zero-order valence-corrected chi connectivity index (χ0v) is 6.94. The topological polar surface area (TPSA) is 38.9 Å². The Labute approximate surface area is 71.0 Å². The summed E-state index contributed by atoms with van der Waals surface area (Å²) < 4.78 is 12.4. The van der Waals surface area contributed by atoms with Crippen molar-refractivity contribution in [1.82, 2.24) is 4.98 Å².